The van der Waals surface area contributed by atoms with Crippen LogP contribution in [0.25, 0.3) is 10.8 Å². The Kier molecular flexibility index (Phi) is 2.76. The second-order valence-electron chi connectivity index (χ2n) is 4.28. The molecule has 0 spiro atoms. The minimum absolute atomic E-state index is 0.219. The van der Waals surface area contributed by atoms with Crippen molar-refractivity contribution >= 4 is 10.8 Å². The average molecular weight is 252 g/mol. The molecule has 0 aliphatic carbocycles. The largest absolute Gasteiger partial charge is 0.439 e. The fourth-order valence-corrected chi connectivity index (χ4v) is 1.96. The first-order valence-electron chi connectivity index (χ1n) is 5.95. The highest BCUT2D eigenvalue weighted by Gasteiger charge is 2.02. The van der Waals surface area contributed by atoms with Gasteiger partial charge in [0.2, 0.25) is 5.88 Å². The van der Waals surface area contributed by atoms with E-state index in [1.54, 1.807) is 6.92 Å². The lowest BCUT2D eigenvalue weighted by atomic mass is 10.1. The van der Waals surface area contributed by atoms with Gasteiger partial charge in [0.1, 0.15) is 11.6 Å². The molecule has 1 heterocycles. The normalized spacial score (nSPS) is 10.6. The number of H-pyrrole nitrogens is 1. The molecule has 0 aliphatic heterocycles. The van der Waals surface area contributed by atoms with E-state index >= 15 is 0 Å². The van der Waals surface area contributed by atoms with E-state index in [4.69, 9.17) is 4.74 Å². The van der Waals surface area contributed by atoms with Crippen LogP contribution in [0.15, 0.2) is 53.3 Å². The summed E-state index contributed by atoms with van der Waals surface area (Å²) in [6.45, 7) is 1.72. The number of benzene rings is 2. The minimum Gasteiger partial charge on any atom is -0.439 e. The van der Waals surface area contributed by atoms with Crippen molar-refractivity contribution in [3.8, 4) is 11.6 Å². The van der Waals surface area contributed by atoms with Gasteiger partial charge in [-0.1, -0.05) is 30.3 Å². The lowest BCUT2D eigenvalue weighted by Gasteiger charge is -2.06. The second kappa shape index (κ2) is 4.57. The van der Waals surface area contributed by atoms with Crippen molar-refractivity contribution in [3.63, 3.8) is 0 Å². The number of aryl methyl sites for hydroxylation is 1. The van der Waals surface area contributed by atoms with Gasteiger partial charge in [0.15, 0.2) is 0 Å². The first kappa shape index (κ1) is 11.5. The summed E-state index contributed by atoms with van der Waals surface area (Å²) in [5, 5.41) is 2.23. The van der Waals surface area contributed by atoms with Gasteiger partial charge < -0.3 is 9.72 Å². The summed E-state index contributed by atoms with van der Waals surface area (Å²) in [6.07, 6.45) is 0. The van der Waals surface area contributed by atoms with E-state index in [1.807, 2.05) is 42.5 Å². The summed E-state index contributed by atoms with van der Waals surface area (Å²) < 4.78 is 5.62. The van der Waals surface area contributed by atoms with Gasteiger partial charge in [-0.25, -0.2) is 4.98 Å². The number of hydrogen-bond donors (Lipinski definition) is 1. The Bertz CT molecular complexity index is 793. The maximum absolute atomic E-state index is 11.3. The van der Waals surface area contributed by atoms with Gasteiger partial charge in [0.05, 0.1) is 6.07 Å². The predicted molar refractivity (Wildman–Crippen MR) is 73.6 cm³/mol. The smallest absolute Gasteiger partial charge is 0.254 e. The molecular weight excluding hydrogens is 240 g/mol. The van der Waals surface area contributed by atoms with Gasteiger partial charge in [0.25, 0.3) is 5.56 Å². The monoisotopic (exact) mass is 252 g/mol. The van der Waals surface area contributed by atoms with Crippen molar-refractivity contribution in [2.75, 3.05) is 0 Å². The number of fused-ring (bicyclic) bond motifs is 1. The molecule has 0 fully saturated rings. The van der Waals surface area contributed by atoms with E-state index in [1.165, 1.54) is 6.07 Å². The van der Waals surface area contributed by atoms with E-state index in [9.17, 15) is 4.79 Å². The molecule has 19 heavy (non-hydrogen) atoms. The van der Waals surface area contributed by atoms with E-state index < -0.39 is 0 Å². The third-order valence-electron chi connectivity index (χ3n) is 2.78. The first-order chi connectivity index (χ1) is 9.20. The SMILES string of the molecule is Cc1nc(Oc2ccc3ccccc3c2)cc(=O)[nH]1. The van der Waals surface area contributed by atoms with Crippen LogP contribution in [-0.4, -0.2) is 9.97 Å². The maximum atomic E-state index is 11.3. The van der Waals surface area contributed by atoms with Crippen LogP contribution in [-0.2, 0) is 0 Å². The van der Waals surface area contributed by atoms with Crippen molar-refractivity contribution in [1.29, 1.82) is 0 Å². The van der Waals surface area contributed by atoms with Gasteiger partial charge in [0, 0.05) is 0 Å². The fraction of sp³-hybridized carbons (Fsp3) is 0.0667. The number of nitrogens with one attached hydrogen (secondary N) is 1. The highest BCUT2D eigenvalue weighted by atomic mass is 16.5. The Morgan fingerprint density at radius 3 is 2.63 bits per heavy atom. The predicted octanol–water partition coefficient (Wildman–Crippen LogP) is 3.02. The van der Waals surface area contributed by atoms with Crippen molar-refractivity contribution in [2.24, 2.45) is 0 Å². The zero-order valence-corrected chi connectivity index (χ0v) is 10.4. The van der Waals surface area contributed by atoms with Crippen LogP contribution in [0, 0.1) is 6.92 Å². The number of hydrogen-bond acceptors (Lipinski definition) is 3. The molecule has 0 bridgehead atoms. The van der Waals surface area contributed by atoms with E-state index in [0.717, 1.165) is 10.8 Å². The highest BCUT2D eigenvalue weighted by Crippen LogP contribution is 2.23. The van der Waals surface area contributed by atoms with Crippen LogP contribution in [0.2, 0.25) is 0 Å². The number of aromatic nitrogens is 2. The van der Waals surface area contributed by atoms with E-state index in [2.05, 4.69) is 9.97 Å². The highest BCUT2D eigenvalue weighted by molar-refractivity contribution is 5.83. The molecule has 0 saturated carbocycles. The van der Waals surface area contributed by atoms with Gasteiger partial charge >= 0.3 is 0 Å². The zero-order valence-electron chi connectivity index (χ0n) is 10.4. The van der Waals surface area contributed by atoms with Crippen LogP contribution in [0.5, 0.6) is 11.6 Å². The molecule has 0 saturated heterocycles. The number of ether oxygens (including phenoxy) is 1. The summed E-state index contributed by atoms with van der Waals surface area (Å²) in [5.41, 5.74) is -0.219. The minimum atomic E-state index is -0.219. The molecule has 0 unspecified atom stereocenters. The van der Waals surface area contributed by atoms with Crippen LogP contribution in [0.3, 0.4) is 0 Å². The standard InChI is InChI=1S/C15H12N2O2/c1-10-16-14(18)9-15(17-10)19-13-7-6-11-4-2-3-5-12(11)8-13/h2-9H,1H3,(H,16,17,18). The van der Waals surface area contributed by atoms with Gasteiger partial charge in [-0.05, 0) is 29.8 Å². The molecule has 94 valence electrons. The topological polar surface area (TPSA) is 55.0 Å². The third kappa shape index (κ3) is 2.47. The quantitative estimate of drug-likeness (QED) is 0.762. The molecule has 1 N–H and O–H groups in total. The Morgan fingerprint density at radius 1 is 1.05 bits per heavy atom. The molecule has 0 atom stereocenters. The molecule has 3 aromatic rings. The van der Waals surface area contributed by atoms with Gasteiger partial charge in [-0.15, -0.1) is 0 Å². The summed E-state index contributed by atoms with van der Waals surface area (Å²) in [5.74, 6) is 1.50. The van der Waals surface area contributed by atoms with Crippen LogP contribution >= 0.6 is 0 Å². The molecule has 1 aromatic heterocycles. The number of aromatic amines is 1. The Morgan fingerprint density at radius 2 is 1.84 bits per heavy atom. The summed E-state index contributed by atoms with van der Waals surface area (Å²) in [6, 6.07) is 15.1. The average Bonchev–Trinajstić information content (AvgIpc) is 2.37. The summed E-state index contributed by atoms with van der Waals surface area (Å²) in [4.78, 5) is 18.0. The summed E-state index contributed by atoms with van der Waals surface area (Å²) in [7, 11) is 0. The van der Waals surface area contributed by atoms with Crippen LogP contribution in [0.1, 0.15) is 5.82 Å². The molecular formula is C15H12N2O2. The lowest BCUT2D eigenvalue weighted by molar-refractivity contribution is 0.459. The van der Waals surface area contributed by atoms with Crippen molar-refractivity contribution in [2.45, 2.75) is 6.92 Å². The Labute approximate surface area is 109 Å². The first-order valence-corrected chi connectivity index (χ1v) is 5.95. The molecule has 0 aliphatic rings. The summed E-state index contributed by atoms with van der Waals surface area (Å²) >= 11 is 0. The number of nitrogens with zero attached hydrogens (tertiary/aromatic N) is 1. The second-order valence-corrected chi connectivity index (χ2v) is 4.28. The van der Waals surface area contributed by atoms with Crippen molar-refractivity contribution < 1.29 is 4.74 Å². The maximum Gasteiger partial charge on any atom is 0.254 e. The molecule has 2 aromatic carbocycles. The van der Waals surface area contributed by atoms with Gasteiger partial charge in [-0.3, -0.25) is 4.79 Å². The third-order valence-corrected chi connectivity index (χ3v) is 2.78. The molecule has 3 rings (SSSR count). The Hall–Kier alpha value is -2.62. The van der Waals surface area contributed by atoms with Crippen LogP contribution < -0.4 is 10.3 Å². The van der Waals surface area contributed by atoms with Crippen molar-refractivity contribution in [3.05, 3.63) is 64.7 Å². The number of rotatable bonds is 2. The Balaban J connectivity index is 1.98. The van der Waals surface area contributed by atoms with E-state index in [0.29, 0.717) is 17.5 Å². The van der Waals surface area contributed by atoms with Crippen LogP contribution in [0.4, 0.5) is 0 Å². The molecule has 0 radical (unpaired) electrons. The lowest BCUT2D eigenvalue weighted by Crippen LogP contribution is -2.08. The fourth-order valence-electron chi connectivity index (χ4n) is 1.96. The van der Waals surface area contributed by atoms with Crippen molar-refractivity contribution in [1.82, 2.24) is 9.97 Å². The molecule has 4 nitrogen and oxygen atoms in total. The molecule has 0 amide bonds. The molecule has 4 heteroatoms. The van der Waals surface area contributed by atoms with Gasteiger partial charge in [-0.2, -0.15) is 0 Å². The zero-order chi connectivity index (χ0) is 13.2. The van der Waals surface area contributed by atoms with E-state index in [-0.39, 0.29) is 5.56 Å².